The van der Waals surface area contributed by atoms with Gasteiger partial charge in [-0.2, -0.15) is 0 Å². The maximum Gasteiger partial charge on any atom is 0.308 e. The van der Waals surface area contributed by atoms with E-state index in [9.17, 15) is 9.59 Å². The number of rotatable bonds is 3. The molecule has 1 amide bonds. The van der Waals surface area contributed by atoms with E-state index in [1.165, 1.54) is 0 Å². The molecule has 0 aromatic carbocycles. The van der Waals surface area contributed by atoms with E-state index < -0.39 is 11.9 Å². The number of nitrogens with zero attached hydrogens (tertiary/aromatic N) is 1. The summed E-state index contributed by atoms with van der Waals surface area (Å²) in [6.45, 7) is 4.42. The van der Waals surface area contributed by atoms with Crippen LogP contribution in [0.3, 0.4) is 0 Å². The molecule has 5 heteroatoms. The molecule has 0 aromatic rings. The summed E-state index contributed by atoms with van der Waals surface area (Å²) in [7, 11) is 0. The van der Waals surface area contributed by atoms with Crippen molar-refractivity contribution in [3.05, 3.63) is 0 Å². The summed E-state index contributed by atoms with van der Waals surface area (Å²) in [5.74, 6) is -1.50. The van der Waals surface area contributed by atoms with Gasteiger partial charge in [0, 0.05) is 19.1 Å². The van der Waals surface area contributed by atoms with Gasteiger partial charge in [-0.05, 0) is 13.3 Å². The van der Waals surface area contributed by atoms with Gasteiger partial charge in [-0.3, -0.25) is 9.59 Å². The van der Waals surface area contributed by atoms with Crippen molar-refractivity contribution in [2.75, 3.05) is 13.1 Å². The van der Waals surface area contributed by atoms with Crippen LogP contribution in [0.4, 0.5) is 0 Å². The van der Waals surface area contributed by atoms with Crippen LogP contribution in [0.2, 0.25) is 0 Å². The van der Waals surface area contributed by atoms with Crippen LogP contribution in [0, 0.1) is 11.8 Å². The van der Waals surface area contributed by atoms with Crippen molar-refractivity contribution in [2.24, 2.45) is 17.6 Å². The van der Waals surface area contributed by atoms with Crippen molar-refractivity contribution in [1.29, 1.82) is 0 Å². The predicted molar refractivity (Wildman–Crippen MR) is 55.1 cm³/mol. The zero-order valence-electron chi connectivity index (χ0n) is 9.14. The average molecular weight is 214 g/mol. The molecule has 1 saturated heterocycles. The maximum atomic E-state index is 11.8. The Morgan fingerprint density at radius 3 is 2.47 bits per heavy atom. The molecule has 0 aromatic heterocycles. The average Bonchev–Trinajstić information content (AvgIpc) is 2.64. The van der Waals surface area contributed by atoms with E-state index in [1.807, 2.05) is 0 Å². The second-order valence-corrected chi connectivity index (χ2v) is 4.26. The monoisotopic (exact) mass is 214 g/mol. The van der Waals surface area contributed by atoms with Crippen molar-refractivity contribution < 1.29 is 14.7 Å². The van der Waals surface area contributed by atoms with Crippen LogP contribution in [0.15, 0.2) is 0 Å². The molecule has 1 aliphatic rings. The molecule has 0 aliphatic carbocycles. The Balaban J connectivity index is 2.54. The summed E-state index contributed by atoms with van der Waals surface area (Å²) < 4.78 is 0. The van der Waals surface area contributed by atoms with Crippen LogP contribution >= 0.6 is 0 Å². The highest BCUT2D eigenvalue weighted by Gasteiger charge is 2.33. The molecule has 3 unspecified atom stereocenters. The van der Waals surface area contributed by atoms with Gasteiger partial charge in [0.2, 0.25) is 5.91 Å². The summed E-state index contributed by atoms with van der Waals surface area (Å²) in [5.41, 5.74) is 5.64. The number of carboxylic acid groups (broad SMARTS) is 1. The van der Waals surface area contributed by atoms with Gasteiger partial charge in [-0.15, -0.1) is 0 Å². The third-order valence-electron chi connectivity index (χ3n) is 3.03. The molecule has 86 valence electrons. The molecule has 0 spiro atoms. The lowest BCUT2D eigenvalue weighted by molar-refractivity contribution is -0.141. The molecule has 1 heterocycles. The fourth-order valence-corrected chi connectivity index (χ4v) is 1.67. The lowest BCUT2D eigenvalue weighted by atomic mass is 10.0. The Morgan fingerprint density at radius 1 is 1.47 bits per heavy atom. The highest BCUT2D eigenvalue weighted by Crippen LogP contribution is 2.19. The molecule has 1 aliphatic heterocycles. The molecule has 3 N–H and O–H groups in total. The number of nitrogens with two attached hydrogens (primary N) is 1. The number of hydrogen-bond donors (Lipinski definition) is 2. The Labute approximate surface area is 89.2 Å². The van der Waals surface area contributed by atoms with Crippen LogP contribution in [-0.2, 0) is 9.59 Å². The van der Waals surface area contributed by atoms with Gasteiger partial charge in [-0.25, -0.2) is 0 Å². The van der Waals surface area contributed by atoms with Gasteiger partial charge in [-0.1, -0.05) is 6.92 Å². The lowest BCUT2D eigenvalue weighted by Crippen LogP contribution is -2.40. The fourth-order valence-electron chi connectivity index (χ4n) is 1.67. The molecule has 0 bridgehead atoms. The first-order valence-electron chi connectivity index (χ1n) is 5.20. The summed E-state index contributed by atoms with van der Waals surface area (Å²) in [4.78, 5) is 24.1. The van der Waals surface area contributed by atoms with Gasteiger partial charge < -0.3 is 15.7 Å². The fraction of sp³-hybridized carbons (Fsp3) is 0.800. The summed E-state index contributed by atoms with van der Waals surface area (Å²) in [6.07, 6.45) is 0.548. The molecule has 5 nitrogen and oxygen atoms in total. The van der Waals surface area contributed by atoms with Crippen molar-refractivity contribution in [1.82, 2.24) is 4.90 Å². The largest absolute Gasteiger partial charge is 0.481 e. The zero-order chi connectivity index (χ0) is 11.6. The molecule has 15 heavy (non-hydrogen) atoms. The van der Waals surface area contributed by atoms with E-state index in [0.717, 1.165) is 0 Å². The topological polar surface area (TPSA) is 83.6 Å². The first-order chi connectivity index (χ1) is 6.93. The number of carbonyl (C=O) groups is 2. The number of amides is 1. The van der Waals surface area contributed by atoms with Gasteiger partial charge in [0.05, 0.1) is 11.8 Å². The van der Waals surface area contributed by atoms with Crippen molar-refractivity contribution >= 4 is 11.9 Å². The molecular formula is C10H18N2O3. The van der Waals surface area contributed by atoms with Crippen LogP contribution in [0.5, 0.6) is 0 Å². The molecule has 0 saturated carbocycles. The first kappa shape index (κ1) is 12.0. The van der Waals surface area contributed by atoms with Gasteiger partial charge in [0.1, 0.15) is 0 Å². The molecule has 3 atom stereocenters. The van der Waals surface area contributed by atoms with Gasteiger partial charge >= 0.3 is 5.97 Å². The third-order valence-corrected chi connectivity index (χ3v) is 3.03. The third kappa shape index (κ3) is 2.68. The van der Waals surface area contributed by atoms with E-state index in [4.69, 9.17) is 10.8 Å². The standard InChI is InChI=1S/C10H18N2O3/c1-6(7(2)11)9(13)12-4-3-8(5-12)10(14)15/h6-8H,3-5,11H2,1-2H3,(H,14,15). The molecule has 0 radical (unpaired) electrons. The normalized spacial score (nSPS) is 25.0. The van der Waals surface area contributed by atoms with Crippen LogP contribution in [-0.4, -0.2) is 41.0 Å². The number of carbonyl (C=O) groups excluding carboxylic acids is 1. The van der Waals surface area contributed by atoms with E-state index >= 15 is 0 Å². The van der Waals surface area contributed by atoms with Gasteiger partial charge in [0.25, 0.3) is 0 Å². The summed E-state index contributed by atoms with van der Waals surface area (Å²) >= 11 is 0. The highest BCUT2D eigenvalue weighted by molar-refractivity contribution is 5.81. The zero-order valence-corrected chi connectivity index (χ0v) is 9.14. The van der Waals surface area contributed by atoms with E-state index in [1.54, 1.807) is 18.7 Å². The van der Waals surface area contributed by atoms with Crippen LogP contribution in [0.1, 0.15) is 20.3 Å². The Kier molecular flexibility index (Phi) is 3.68. The Bertz CT molecular complexity index is 265. The van der Waals surface area contributed by atoms with Crippen molar-refractivity contribution in [3.63, 3.8) is 0 Å². The quantitative estimate of drug-likeness (QED) is 0.687. The van der Waals surface area contributed by atoms with Crippen molar-refractivity contribution in [3.8, 4) is 0 Å². The summed E-state index contributed by atoms with van der Waals surface area (Å²) in [6, 6.07) is -0.193. The number of likely N-dealkylation sites (tertiary alicyclic amines) is 1. The smallest absolute Gasteiger partial charge is 0.308 e. The van der Waals surface area contributed by atoms with Crippen LogP contribution < -0.4 is 5.73 Å². The Hall–Kier alpha value is -1.10. The van der Waals surface area contributed by atoms with Crippen molar-refractivity contribution in [2.45, 2.75) is 26.3 Å². The number of carboxylic acids is 1. The number of aliphatic carboxylic acids is 1. The minimum Gasteiger partial charge on any atom is -0.481 e. The van der Waals surface area contributed by atoms with E-state index in [0.29, 0.717) is 19.5 Å². The molecule has 1 fully saturated rings. The van der Waals surface area contributed by atoms with Gasteiger partial charge in [0.15, 0.2) is 0 Å². The van der Waals surface area contributed by atoms with E-state index in [2.05, 4.69) is 0 Å². The second kappa shape index (κ2) is 4.61. The Morgan fingerprint density at radius 2 is 2.07 bits per heavy atom. The minimum atomic E-state index is -0.821. The molecular weight excluding hydrogens is 196 g/mol. The first-order valence-corrected chi connectivity index (χ1v) is 5.20. The lowest BCUT2D eigenvalue weighted by Gasteiger charge is -2.22. The maximum absolute atomic E-state index is 11.8. The second-order valence-electron chi connectivity index (χ2n) is 4.26. The minimum absolute atomic E-state index is 0.0336. The predicted octanol–water partition coefficient (Wildman–Crippen LogP) is -0.0972. The van der Waals surface area contributed by atoms with E-state index in [-0.39, 0.29) is 17.9 Å². The SMILES string of the molecule is CC(N)C(C)C(=O)N1CCC(C(=O)O)C1. The molecule has 1 rings (SSSR count). The highest BCUT2D eigenvalue weighted by atomic mass is 16.4. The summed E-state index contributed by atoms with van der Waals surface area (Å²) in [5, 5.41) is 8.80. The van der Waals surface area contributed by atoms with Crippen LogP contribution in [0.25, 0.3) is 0 Å². The number of hydrogen-bond acceptors (Lipinski definition) is 3.